The van der Waals surface area contributed by atoms with Crippen LogP contribution in [-0.2, 0) is 6.42 Å². The molecule has 0 N–H and O–H groups in total. The minimum atomic E-state index is -0.318. The van der Waals surface area contributed by atoms with Gasteiger partial charge in [0.2, 0.25) is 0 Å². The Morgan fingerprint density at radius 2 is 1.43 bits per heavy atom. The molecule has 192 valence electrons. The standard InChI is InChI=1S/C31H42Br2O2/c1-3-5-7-8-10-12-24-15-19-26(20-16-24)31(34)35-30-28(32)21-27(22-29(30)33)25-17-13-23(14-18-25)11-9-6-4-2/h15-16,19-23,25H,3-14,17-18H2,1-2H3. The monoisotopic (exact) mass is 604 g/mol. The fraction of sp³-hybridized carbons (Fsp3) is 0.581. The van der Waals surface area contributed by atoms with Gasteiger partial charge in [-0.1, -0.05) is 77.3 Å². The molecule has 0 amide bonds. The Morgan fingerprint density at radius 3 is 2.06 bits per heavy atom. The van der Waals surface area contributed by atoms with Gasteiger partial charge in [-0.3, -0.25) is 0 Å². The SMILES string of the molecule is CCCCCCCc1ccc(C(=O)Oc2c(Br)cc(C3CCC(CCCCC)CC3)cc2Br)cc1. The molecule has 0 aliphatic heterocycles. The molecule has 0 heterocycles. The van der Waals surface area contributed by atoms with Crippen molar-refractivity contribution in [2.24, 2.45) is 5.92 Å². The third-order valence-corrected chi connectivity index (χ3v) is 8.69. The molecule has 2 nitrogen and oxygen atoms in total. The molecule has 1 aliphatic rings. The van der Waals surface area contributed by atoms with Crippen molar-refractivity contribution < 1.29 is 9.53 Å². The third kappa shape index (κ3) is 9.04. The zero-order valence-electron chi connectivity index (χ0n) is 21.6. The van der Waals surface area contributed by atoms with Gasteiger partial charge in [0.1, 0.15) is 0 Å². The van der Waals surface area contributed by atoms with Crippen molar-refractivity contribution >= 4 is 37.8 Å². The van der Waals surface area contributed by atoms with Gasteiger partial charge in [-0.05, 0) is 118 Å². The van der Waals surface area contributed by atoms with Gasteiger partial charge in [0.25, 0.3) is 0 Å². The lowest BCUT2D eigenvalue weighted by Gasteiger charge is -2.29. The lowest BCUT2D eigenvalue weighted by atomic mass is 9.77. The van der Waals surface area contributed by atoms with Crippen LogP contribution in [0, 0.1) is 5.92 Å². The van der Waals surface area contributed by atoms with Crippen LogP contribution in [-0.4, -0.2) is 5.97 Å². The topological polar surface area (TPSA) is 26.3 Å². The summed E-state index contributed by atoms with van der Waals surface area (Å²) in [5, 5.41) is 0. The fourth-order valence-electron chi connectivity index (χ4n) is 5.27. The Bertz CT molecular complexity index is 891. The first-order valence-electron chi connectivity index (χ1n) is 13.8. The van der Waals surface area contributed by atoms with E-state index < -0.39 is 0 Å². The highest BCUT2D eigenvalue weighted by atomic mass is 79.9. The van der Waals surface area contributed by atoms with Crippen LogP contribution in [0.1, 0.15) is 125 Å². The number of carbonyl (C=O) groups is 1. The Labute approximate surface area is 229 Å². The second kappa shape index (κ2) is 15.2. The molecule has 0 atom stereocenters. The van der Waals surface area contributed by atoms with Gasteiger partial charge in [-0.15, -0.1) is 0 Å². The average Bonchev–Trinajstić information content (AvgIpc) is 2.87. The van der Waals surface area contributed by atoms with Gasteiger partial charge in [-0.2, -0.15) is 0 Å². The third-order valence-electron chi connectivity index (χ3n) is 7.51. The van der Waals surface area contributed by atoms with Gasteiger partial charge in [0.05, 0.1) is 14.5 Å². The molecule has 0 spiro atoms. The van der Waals surface area contributed by atoms with Crippen molar-refractivity contribution in [1.29, 1.82) is 0 Å². The molecule has 0 unspecified atom stereocenters. The molecule has 35 heavy (non-hydrogen) atoms. The molecule has 0 saturated heterocycles. The Hall–Kier alpha value is -1.13. The van der Waals surface area contributed by atoms with Crippen molar-refractivity contribution in [3.05, 3.63) is 62.0 Å². The maximum atomic E-state index is 12.8. The first-order valence-corrected chi connectivity index (χ1v) is 15.4. The predicted octanol–water partition coefficient (Wildman–Crippen LogP) is 10.8. The molecule has 2 aromatic rings. The van der Waals surface area contributed by atoms with E-state index in [9.17, 15) is 4.79 Å². The molecule has 0 aromatic heterocycles. The van der Waals surface area contributed by atoms with E-state index in [0.29, 0.717) is 17.2 Å². The molecular formula is C31H42Br2O2. The number of benzene rings is 2. The van der Waals surface area contributed by atoms with Crippen molar-refractivity contribution in [2.45, 2.75) is 110 Å². The zero-order chi connectivity index (χ0) is 25.0. The average molecular weight is 606 g/mol. The van der Waals surface area contributed by atoms with Crippen molar-refractivity contribution in [1.82, 2.24) is 0 Å². The Morgan fingerprint density at radius 1 is 0.829 bits per heavy atom. The second-order valence-electron chi connectivity index (χ2n) is 10.3. The van der Waals surface area contributed by atoms with E-state index in [1.54, 1.807) is 0 Å². The number of hydrogen-bond acceptors (Lipinski definition) is 2. The van der Waals surface area contributed by atoms with Crippen LogP contribution < -0.4 is 4.74 Å². The molecule has 1 aliphatic carbocycles. The number of halogens is 2. The molecule has 1 saturated carbocycles. The normalized spacial score (nSPS) is 17.9. The van der Waals surface area contributed by atoms with Gasteiger partial charge < -0.3 is 4.74 Å². The molecule has 0 bridgehead atoms. The maximum Gasteiger partial charge on any atom is 0.343 e. The van der Waals surface area contributed by atoms with Gasteiger partial charge in [0, 0.05) is 0 Å². The summed E-state index contributed by atoms with van der Waals surface area (Å²) in [6.07, 6.45) is 18.0. The largest absolute Gasteiger partial charge is 0.421 e. The summed E-state index contributed by atoms with van der Waals surface area (Å²) in [5.74, 6) is 1.73. The minimum Gasteiger partial charge on any atom is -0.421 e. The lowest BCUT2D eigenvalue weighted by molar-refractivity contribution is 0.0732. The lowest BCUT2D eigenvalue weighted by Crippen LogP contribution is -2.14. The smallest absolute Gasteiger partial charge is 0.343 e. The Kier molecular flexibility index (Phi) is 12.3. The summed E-state index contributed by atoms with van der Waals surface area (Å²) in [7, 11) is 0. The van der Waals surface area contributed by atoms with Gasteiger partial charge in [-0.25, -0.2) is 4.79 Å². The number of ether oxygens (including phenoxy) is 1. The summed E-state index contributed by atoms with van der Waals surface area (Å²) in [6, 6.07) is 12.2. The number of hydrogen-bond donors (Lipinski definition) is 0. The quantitative estimate of drug-likeness (QED) is 0.129. The summed E-state index contributed by atoms with van der Waals surface area (Å²) < 4.78 is 7.48. The summed E-state index contributed by atoms with van der Waals surface area (Å²) >= 11 is 7.34. The Balaban J connectivity index is 1.54. The molecule has 0 radical (unpaired) electrons. The van der Waals surface area contributed by atoms with Gasteiger partial charge >= 0.3 is 5.97 Å². The number of esters is 1. The van der Waals surface area contributed by atoms with Crippen LogP contribution in [0.5, 0.6) is 5.75 Å². The van der Waals surface area contributed by atoms with E-state index in [1.807, 2.05) is 12.1 Å². The maximum absolute atomic E-state index is 12.8. The van der Waals surface area contributed by atoms with E-state index in [1.165, 1.54) is 94.6 Å². The van der Waals surface area contributed by atoms with E-state index >= 15 is 0 Å². The van der Waals surface area contributed by atoms with E-state index in [4.69, 9.17) is 4.74 Å². The number of rotatable bonds is 13. The number of unbranched alkanes of at least 4 members (excludes halogenated alkanes) is 6. The molecule has 2 aromatic carbocycles. The number of aryl methyl sites for hydroxylation is 1. The summed E-state index contributed by atoms with van der Waals surface area (Å²) in [4.78, 5) is 12.8. The van der Waals surface area contributed by atoms with E-state index in [0.717, 1.165) is 21.3 Å². The van der Waals surface area contributed by atoms with E-state index in [-0.39, 0.29) is 5.97 Å². The van der Waals surface area contributed by atoms with Crippen LogP contribution in [0.2, 0.25) is 0 Å². The fourth-order valence-corrected chi connectivity index (χ4v) is 6.66. The van der Waals surface area contributed by atoms with Crippen molar-refractivity contribution in [3.63, 3.8) is 0 Å². The van der Waals surface area contributed by atoms with Crippen molar-refractivity contribution in [2.75, 3.05) is 0 Å². The molecule has 1 fully saturated rings. The summed E-state index contributed by atoms with van der Waals surface area (Å²) in [5.41, 5.74) is 3.20. The van der Waals surface area contributed by atoms with Crippen LogP contribution in [0.25, 0.3) is 0 Å². The van der Waals surface area contributed by atoms with Gasteiger partial charge in [0.15, 0.2) is 5.75 Å². The second-order valence-corrected chi connectivity index (χ2v) is 12.0. The highest BCUT2D eigenvalue weighted by molar-refractivity contribution is 9.11. The highest BCUT2D eigenvalue weighted by Crippen LogP contribution is 2.42. The van der Waals surface area contributed by atoms with E-state index in [2.05, 4.69) is 70.0 Å². The van der Waals surface area contributed by atoms with Crippen LogP contribution in [0.4, 0.5) is 0 Å². The highest BCUT2D eigenvalue weighted by Gasteiger charge is 2.24. The molecule has 4 heteroatoms. The summed E-state index contributed by atoms with van der Waals surface area (Å²) in [6.45, 7) is 4.52. The number of carbonyl (C=O) groups excluding carboxylic acids is 1. The van der Waals surface area contributed by atoms with Crippen LogP contribution >= 0.6 is 31.9 Å². The first kappa shape index (κ1) is 28.4. The molecule has 3 rings (SSSR count). The first-order chi connectivity index (χ1) is 17.0. The zero-order valence-corrected chi connectivity index (χ0v) is 24.8. The van der Waals surface area contributed by atoms with Crippen LogP contribution in [0.15, 0.2) is 45.3 Å². The molecular weight excluding hydrogens is 564 g/mol. The minimum absolute atomic E-state index is 0.318. The predicted molar refractivity (Wildman–Crippen MR) is 155 cm³/mol. The van der Waals surface area contributed by atoms with Crippen molar-refractivity contribution in [3.8, 4) is 5.75 Å². The van der Waals surface area contributed by atoms with Crippen LogP contribution in [0.3, 0.4) is 0 Å².